The second kappa shape index (κ2) is 8.37. The van der Waals surface area contributed by atoms with Crippen molar-refractivity contribution in [1.29, 1.82) is 0 Å². The molecule has 0 aliphatic heterocycles. The first-order chi connectivity index (χ1) is 11.1. The Bertz CT molecular complexity index is 650. The number of benzene rings is 2. The number of ether oxygens (including phenoxy) is 1. The minimum Gasteiger partial charge on any atom is -0.494 e. The van der Waals surface area contributed by atoms with Gasteiger partial charge in [0.2, 0.25) is 0 Å². The molecular weight excluding hydrogens is 286 g/mol. The number of amides is 1. The fraction of sp³-hybridized carbons (Fsp3) is 0.350. The molecule has 2 aromatic rings. The molecular formula is C20H25NO2. The third-order valence-electron chi connectivity index (χ3n) is 3.69. The van der Waals surface area contributed by atoms with Crippen LogP contribution in [0, 0.1) is 0 Å². The predicted molar refractivity (Wildman–Crippen MR) is 95.3 cm³/mol. The average molecular weight is 311 g/mol. The van der Waals surface area contributed by atoms with Crippen LogP contribution in [-0.4, -0.2) is 12.5 Å². The van der Waals surface area contributed by atoms with Gasteiger partial charge in [-0.25, -0.2) is 0 Å². The monoisotopic (exact) mass is 311 g/mol. The van der Waals surface area contributed by atoms with Crippen molar-refractivity contribution in [2.45, 2.75) is 39.5 Å². The van der Waals surface area contributed by atoms with Crippen LogP contribution in [0.5, 0.6) is 5.75 Å². The maximum Gasteiger partial charge on any atom is 0.255 e. The van der Waals surface area contributed by atoms with Gasteiger partial charge < -0.3 is 10.1 Å². The Morgan fingerprint density at radius 3 is 2.65 bits per heavy atom. The van der Waals surface area contributed by atoms with Gasteiger partial charge in [0.05, 0.1) is 6.61 Å². The molecule has 2 aromatic carbocycles. The van der Waals surface area contributed by atoms with Gasteiger partial charge in [0.1, 0.15) is 5.75 Å². The summed E-state index contributed by atoms with van der Waals surface area (Å²) in [7, 11) is 0. The zero-order chi connectivity index (χ0) is 16.7. The molecule has 0 saturated carbocycles. The molecule has 0 atom stereocenters. The van der Waals surface area contributed by atoms with Gasteiger partial charge in [-0.15, -0.1) is 0 Å². The van der Waals surface area contributed by atoms with E-state index in [1.165, 1.54) is 0 Å². The molecule has 0 aliphatic rings. The van der Waals surface area contributed by atoms with Crippen LogP contribution in [0.4, 0.5) is 5.69 Å². The van der Waals surface area contributed by atoms with Crippen LogP contribution in [0.25, 0.3) is 0 Å². The fourth-order valence-corrected chi connectivity index (χ4v) is 2.37. The molecule has 0 fully saturated rings. The van der Waals surface area contributed by atoms with Gasteiger partial charge >= 0.3 is 0 Å². The highest BCUT2D eigenvalue weighted by atomic mass is 16.5. The third-order valence-corrected chi connectivity index (χ3v) is 3.69. The first-order valence-electron chi connectivity index (χ1n) is 8.25. The summed E-state index contributed by atoms with van der Waals surface area (Å²) in [5, 5.41) is 3.01. The summed E-state index contributed by atoms with van der Waals surface area (Å²) < 4.78 is 5.67. The van der Waals surface area contributed by atoms with Crippen molar-refractivity contribution in [3.05, 3.63) is 59.7 Å². The lowest BCUT2D eigenvalue weighted by atomic mass is 10.0. The van der Waals surface area contributed by atoms with E-state index in [1.54, 1.807) is 12.1 Å². The van der Waals surface area contributed by atoms with Crippen molar-refractivity contribution >= 4 is 11.6 Å². The Morgan fingerprint density at radius 1 is 1.13 bits per heavy atom. The van der Waals surface area contributed by atoms with Crippen LogP contribution in [-0.2, 0) is 0 Å². The van der Waals surface area contributed by atoms with Crippen molar-refractivity contribution in [1.82, 2.24) is 0 Å². The van der Waals surface area contributed by atoms with Crippen LogP contribution in [0.2, 0.25) is 0 Å². The van der Waals surface area contributed by atoms with Gasteiger partial charge in [0, 0.05) is 11.3 Å². The van der Waals surface area contributed by atoms with Gasteiger partial charge in [-0.05, 0) is 42.2 Å². The van der Waals surface area contributed by atoms with Crippen LogP contribution in [0.1, 0.15) is 55.5 Å². The van der Waals surface area contributed by atoms with Crippen molar-refractivity contribution < 1.29 is 9.53 Å². The molecule has 2 rings (SSSR count). The number of unbranched alkanes of at least 4 members (excludes halogenated alkanes) is 1. The van der Waals surface area contributed by atoms with E-state index in [0.29, 0.717) is 18.1 Å². The molecule has 0 aliphatic carbocycles. The topological polar surface area (TPSA) is 38.3 Å². The summed E-state index contributed by atoms with van der Waals surface area (Å²) in [6.45, 7) is 7.04. The largest absolute Gasteiger partial charge is 0.494 e. The SMILES string of the molecule is CCCCOc1cccc(C(=O)Nc2ccccc2C(C)C)c1. The summed E-state index contributed by atoms with van der Waals surface area (Å²) >= 11 is 0. The van der Waals surface area contributed by atoms with Crippen molar-refractivity contribution in [3.8, 4) is 5.75 Å². The molecule has 122 valence electrons. The number of anilines is 1. The second-order valence-corrected chi connectivity index (χ2v) is 5.93. The molecule has 0 unspecified atom stereocenters. The molecule has 1 N–H and O–H groups in total. The number of hydrogen-bond donors (Lipinski definition) is 1. The predicted octanol–water partition coefficient (Wildman–Crippen LogP) is 5.24. The molecule has 0 heterocycles. The zero-order valence-electron chi connectivity index (χ0n) is 14.1. The first-order valence-corrected chi connectivity index (χ1v) is 8.25. The maximum atomic E-state index is 12.5. The van der Waals surface area contributed by atoms with Gasteiger partial charge in [-0.2, -0.15) is 0 Å². The average Bonchev–Trinajstić information content (AvgIpc) is 2.55. The van der Waals surface area contributed by atoms with Crippen LogP contribution >= 0.6 is 0 Å². The molecule has 0 saturated heterocycles. The van der Waals surface area contributed by atoms with Crippen LogP contribution < -0.4 is 10.1 Å². The standard InChI is InChI=1S/C20H25NO2/c1-4-5-13-23-17-10-8-9-16(14-17)20(22)21-19-12-7-6-11-18(19)15(2)3/h6-12,14-15H,4-5,13H2,1-3H3,(H,21,22). The smallest absolute Gasteiger partial charge is 0.255 e. The molecule has 3 heteroatoms. The Balaban J connectivity index is 2.10. The van der Waals surface area contributed by atoms with E-state index in [1.807, 2.05) is 36.4 Å². The Hall–Kier alpha value is -2.29. The van der Waals surface area contributed by atoms with Crippen molar-refractivity contribution in [2.24, 2.45) is 0 Å². The summed E-state index contributed by atoms with van der Waals surface area (Å²) in [5.41, 5.74) is 2.61. The Labute approximate surface area is 138 Å². The summed E-state index contributed by atoms with van der Waals surface area (Å²) in [6.07, 6.45) is 2.10. The minimum absolute atomic E-state index is 0.112. The van der Waals surface area contributed by atoms with E-state index in [2.05, 4.69) is 26.1 Å². The lowest BCUT2D eigenvalue weighted by Crippen LogP contribution is -2.13. The molecule has 3 nitrogen and oxygen atoms in total. The Morgan fingerprint density at radius 2 is 1.91 bits per heavy atom. The summed E-state index contributed by atoms with van der Waals surface area (Å²) in [5.74, 6) is 0.984. The van der Waals surface area contributed by atoms with Crippen LogP contribution in [0.3, 0.4) is 0 Å². The normalized spacial score (nSPS) is 10.6. The molecule has 1 amide bonds. The van der Waals surface area contributed by atoms with Gasteiger partial charge in [0.15, 0.2) is 0 Å². The van der Waals surface area contributed by atoms with Gasteiger partial charge in [0.25, 0.3) is 5.91 Å². The quantitative estimate of drug-likeness (QED) is 0.710. The number of rotatable bonds is 7. The molecule has 0 bridgehead atoms. The zero-order valence-corrected chi connectivity index (χ0v) is 14.1. The van der Waals surface area contributed by atoms with E-state index in [4.69, 9.17) is 4.74 Å². The molecule has 0 aromatic heterocycles. The van der Waals surface area contributed by atoms with E-state index in [0.717, 1.165) is 29.8 Å². The minimum atomic E-state index is -0.112. The summed E-state index contributed by atoms with van der Waals surface area (Å²) in [6, 6.07) is 15.3. The summed E-state index contributed by atoms with van der Waals surface area (Å²) in [4.78, 5) is 12.5. The first kappa shape index (κ1) is 17.1. The highest BCUT2D eigenvalue weighted by Gasteiger charge is 2.11. The van der Waals surface area contributed by atoms with E-state index < -0.39 is 0 Å². The highest BCUT2D eigenvalue weighted by molar-refractivity contribution is 6.04. The molecule has 23 heavy (non-hydrogen) atoms. The highest BCUT2D eigenvalue weighted by Crippen LogP contribution is 2.24. The van der Waals surface area contributed by atoms with Crippen LogP contribution in [0.15, 0.2) is 48.5 Å². The third kappa shape index (κ3) is 4.85. The van der Waals surface area contributed by atoms with E-state index in [9.17, 15) is 4.79 Å². The lowest BCUT2D eigenvalue weighted by Gasteiger charge is -2.14. The van der Waals surface area contributed by atoms with E-state index >= 15 is 0 Å². The lowest BCUT2D eigenvalue weighted by molar-refractivity contribution is 0.102. The molecule has 0 radical (unpaired) electrons. The van der Waals surface area contributed by atoms with Crippen molar-refractivity contribution in [2.75, 3.05) is 11.9 Å². The van der Waals surface area contributed by atoms with Crippen molar-refractivity contribution in [3.63, 3.8) is 0 Å². The van der Waals surface area contributed by atoms with E-state index in [-0.39, 0.29) is 5.91 Å². The number of carbonyl (C=O) groups is 1. The number of carbonyl (C=O) groups excluding carboxylic acids is 1. The number of para-hydroxylation sites is 1. The van der Waals surface area contributed by atoms with Gasteiger partial charge in [-0.1, -0.05) is 51.5 Å². The Kier molecular flexibility index (Phi) is 6.21. The molecule has 0 spiro atoms. The number of nitrogens with one attached hydrogen (secondary N) is 1. The number of hydrogen-bond acceptors (Lipinski definition) is 2. The second-order valence-electron chi connectivity index (χ2n) is 5.93. The maximum absolute atomic E-state index is 12.5. The van der Waals surface area contributed by atoms with Gasteiger partial charge in [-0.3, -0.25) is 4.79 Å². The fourth-order valence-electron chi connectivity index (χ4n) is 2.37.